The minimum absolute atomic E-state index is 0.296. The highest BCUT2D eigenvalue weighted by atomic mass is 35.5. The number of amides is 1. The van der Waals surface area contributed by atoms with Crippen LogP contribution in [0.3, 0.4) is 0 Å². The quantitative estimate of drug-likeness (QED) is 0.283. The summed E-state index contributed by atoms with van der Waals surface area (Å²) in [5, 5.41) is 5.24. The highest BCUT2D eigenvalue weighted by molar-refractivity contribution is 7.21. The monoisotopic (exact) mass is 471 g/mol. The van der Waals surface area contributed by atoms with Gasteiger partial charge in [0, 0.05) is 26.4 Å². The van der Waals surface area contributed by atoms with E-state index in [-0.39, 0.29) is 5.91 Å². The summed E-state index contributed by atoms with van der Waals surface area (Å²) < 4.78 is 0.858. The van der Waals surface area contributed by atoms with Gasteiger partial charge in [-0.1, -0.05) is 53.0 Å². The van der Waals surface area contributed by atoms with Crippen LogP contribution in [0.4, 0.5) is 5.69 Å². The summed E-state index contributed by atoms with van der Waals surface area (Å²) in [5.41, 5.74) is 3.04. The molecule has 2 heterocycles. The van der Waals surface area contributed by atoms with Crippen LogP contribution in [0.25, 0.3) is 32.5 Å². The van der Waals surface area contributed by atoms with E-state index in [1.165, 1.54) is 11.3 Å². The van der Waals surface area contributed by atoms with E-state index < -0.39 is 0 Å². The molecule has 0 atom stereocenters. The summed E-state index contributed by atoms with van der Waals surface area (Å²) in [6, 6.07) is 18.3. The molecule has 30 heavy (non-hydrogen) atoms. The predicted molar refractivity (Wildman–Crippen MR) is 126 cm³/mol. The molecule has 8 heteroatoms. The van der Waals surface area contributed by atoms with E-state index in [4.69, 9.17) is 34.8 Å². The predicted octanol–water partition coefficient (Wildman–Crippen LogP) is 7.66. The van der Waals surface area contributed by atoms with Crippen molar-refractivity contribution in [3.63, 3.8) is 0 Å². The molecule has 1 amide bonds. The van der Waals surface area contributed by atoms with Gasteiger partial charge in [-0.05, 0) is 42.5 Å². The van der Waals surface area contributed by atoms with Crippen LogP contribution in [0.1, 0.15) is 9.67 Å². The molecular weight excluding hydrogens is 461 g/mol. The Labute approximate surface area is 190 Å². The maximum Gasteiger partial charge on any atom is 0.267 e. The van der Waals surface area contributed by atoms with Crippen LogP contribution in [0.15, 0.2) is 60.7 Å². The molecule has 0 aliphatic rings. The lowest BCUT2D eigenvalue weighted by Crippen LogP contribution is -2.10. The number of thiophene rings is 1. The first-order chi connectivity index (χ1) is 14.5. The molecular formula is C22H12Cl3N3OS. The second kappa shape index (κ2) is 7.60. The SMILES string of the molecule is O=C(Nc1ccc(Cl)c(-c2nc3ccccc3[nH]2)c1)c1sc2cc(Cl)ccc2c1Cl. The number of fused-ring (bicyclic) bond motifs is 2. The molecule has 3 aromatic carbocycles. The fourth-order valence-electron chi connectivity index (χ4n) is 3.24. The van der Waals surface area contributed by atoms with E-state index in [9.17, 15) is 4.79 Å². The van der Waals surface area contributed by atoms with Crippen molar-refractivity contribution in [2.75, 3.05) is 5.32 Å². The van der Waals surface area contributed by atoms with Gasteiger partial charge in [0.15, 0.2) is 0 Å². The standard InChI is InChI=1S/C22H12Cl3N3OS/c23-11-5-7-13-18(9-11)30-20(19(13)25)22(29)26-12-6-8-15(24)14(10-12)21-27-16-3-1-2-4-17(16)28-21/h1-10H,(H,26,29)(H,27,28). The van der Waals surface area contributed by atoms with Gasteiger partial charge in [-0.15, -0.1) is 11.3 Å². The summed E-state index contributed by atoms with van der Waals surface area (Å²) in [4.78, 5) is 21.2. The number of carbonyl (C=O) groups excluding carboxylic acids is 1. The fourth-order valence-corrected chi connectivity index (χ4v) is 5.13. The van der Waals surface area contributed by atoms with Crippen LogP contribution >= 0.6 is 46.1 Å². The van der Waals surface area contributed by atoms with Crippen molar-refractivity contribution in [2.45, 2.75) is 0 Å². The van der Waals surface area contributed by atoms with Gasteiger partial charge >= 0.3 is 0 Å². The fraction of sp³-hybridized carbons (Fsp3) is 0. The van der Waals surface area contributed by atoms with Gasteiger partial charge in [0.1, 0.15) is 10.7 Å². The molecule has 0 saturated carbocycles. The van der Waals surface area contributed by atoms with Crippen LogP contribution in [-0.4, -0.2) is 15.9 Å². The number of para-hydroxylation sites is 2. The van der Waals surface area contributed by atoms with Gasteiger partial charge in [0.05, 0.1) is 21.1 Å². The molecule has 0 unspecified atom stereocenters. The van der Waals surface area contributed by atoms with Gasteiger partial charge in [0.2, 0.25) is 0 Å². The molecule has 0 aliphatic carbocycles. The highest BCUT2D eigenvalue weighted by Crippen LogP contribution is 2.37. The Hall–Kier alpha value is -2.57. The van der Waals surface area contributed by atoms with Crippen molar-refractivity contribution in [3.05, 3.63) is 80.6 Å². The summed E-state index contributed by atoms with van der Waals surface area (Å²) in [6.45, 7) is 0. The summed E-state index contributed by atoms with van der Waals surface area (Å²) in [7, 11) is 0. The van der Waals surface area contributed by atoms with E-state index in [1.54, 1.807) is 30.3 Å². The number of aromatic nitrogens is 2. The lowest BCUT2D eigenvalue weighted by molar-refractivity contribution is 0.103. The molecule has 0 saturated heterocycles. The third-order valence-corrected chi connectivity index (χ3v) is 6.89. The number of anilines is 1. The lowest BCUT2D eigenvalue weighted by atomic mass is 10.2. The second-order valence-electron chi connectivity index (χ2n) is 6.64. The van der Waals surface area contributed by atoms with Gasteiger partial charge in [-0.3, -0.25) is 4.79 Å². The van der Waals surface area contributed by atoms with Crippen molar-refractivity contribution < 1.29 is 4.79 Å². The maximum absolute atomic E-state index is 12.9. The third kappa shape index (κ3) is 3.44. The number of rotatable bonds is 3. The average molecular weight is 473 g/mol. The summed E-state index contributed by atoms with van der Waals surface area (Å²) >= 11 is 20.2. The summed E-state index contributed by atoms with van der Waals surface area (Å²) in [5.74, 6) is 0.335. The molecule has 0 fully saturated rings. The van der Waals surface area contributed by atoms with Crippen LogP contribution in [0.5, 0.6) is 0 Å². The number of halogens is 3. The molecule has 0 aliphatic heterocycles. The number of imidazole rings is 1. The van der Waals surface area contributed by atoms with Crippen LogP contribution in [0.2, 0.25) is 15.1 Å². The molecule has 5 aromatic rings. The van der Waals surface area contributed by atoms with E-state index >= 15 is 0 Å². The highest BCUT2D eigenvalue weighted by Gasteiger charge is 2.18. The molecule has 148 valence electrons. The van der Waals surface area contributed by atoms with E-state index in [0.29, 0.717) is 37.0 Å². The zero-order chi connectivity index (χ0) is 20.8. The molecule has 2 aromatic heterocycles. The molecule has 5 rings (SSSR count). The van der Waals surface area contributed by atoms with Crippen LogP contribution < -0.4 is 5.32 Å². The first-order valence-electron chi connectivity index (χ1n) is 8.93. The van der Waals surface area contributed by atoms with Crippen LogP contribution in [0, 0.1) is 0 Å². The lowest BCUT2D eigenvalue weighted by Gasteiger charge is -2.07. The number of nitrogens with one attached hydrogen (secondary N) is 2. The number of hydrogen-bond donors (Lipinski definition) is 2. The average Bonchev–Trinajstić information content (AvgIpc) is 3.30. The first-order valence-corrected chi connectivity index (χ1v) is 10.9. The van der Waals surface area contributed by atoms with Crippen molar-refractivity contribution in [2.24, 2.45) is 0 Å². The topological polar surface area (TPSA) is 57.8 Å². The van der Waals surface area contributed by atoms with Crippen molar-refractivity contribution >= 4 is 78.9 Å². The number of benzene rings is 3. The minimum atomic E-state index is -0.296. The molecule has 0 spiro atoms. The number of carbonyl (C=O) groups is 1. The number of aromatic amines is 1. The molecule has 4 nitrogen and oxygen atoms in total. The Morgan fingerprint density at radius 2 is 1.83 bits per heavy atom. The third-order valence-electron chi connectivity index (χ3n) is 4.67. The Balaban J connectivity index is 1.49. The Morgan fingerprint density at radius 1 is 1.00 bits per heavy atom. The van der Waals surface area contributed by atoms with Gasteiger partial charge in [-0.2, -0.15) is 0 Å². The van der Waals surface area contributed by atoms with E-state index in [1.807, 2.05) is 30.3 Å². The van der Waals surface area contributed by atoms with E-state index in [0.717, 1.165) is 21.1 Å². The van der Waals surface area contributed by atoms with Crippen LogP contribution in [-0.2, 0) is 0 Å². The van der Waals surface area contributed by atoms with E-state index in [2.05, 4.69) is 15.3 Å². The number of H-pyrrole nitrogens is 1. The molecule has 2 N–H and O–H groups in total. The first kappa shape index (κ1) is 19.4. The summed E-state index contributed by atoms with van der Waals surface area (Å²) in [6.07, 6.45) is 0. The Kier molecular flexibility index (Phi) is 4.91. The van der Waals surface area contributed by atoms with Crippen molar-refractivity contribution in [1.29, 1.82) is 0 Å². The second-order valence-corrected chi connectivity index (χ2v) is 8.91. The normalized spacial score (nSPS) is 11.3. The Bertz CT molecular complexity index is 1410. The number of nitrogens with zero attached hydrogens (tertiary/aromatic N) is 1. The Morgan fingerprint density at radius 3 is 2.67 bits per heavy atom. The smallest absolute Gasteiger partial charge is 0.267 e. The number of hydrogen-bond acceptors (Lipinski definition) is 3. The van der Waals surface area contributed by atoms with Gasteiger partial charge in [-0.25, -0.2) is 4.98 Å². The molecule has 0 radical (unpaired) electrons. The zero-order valence-corrected chi connectivity index (χ0v) is 18.3. The van der Waals surface area contributed by atoms with Crippen molar-refractivity contribution in [3.8, 4) is 11.4 Å². The van der Waals surface area contributed by atoms with Crippen molar-refractivity contribution in [1.82, 2.24) is 9.97 Å². The zero-order valence-electron chi connectivity index (χ0n) is 15.2. The maximum atomic E-state index is 12.9. The van der Waals surface area contributed by atoms with Gasteiger partial charge < -0.3 is 10.3 Å². The largest absolute Gasteiger partial charge is 0.338 e. The minimum Gasteiger partial charge on any atom is -0.338 e. The molecule has 0 bridgehead atoms. The van der Waals surface area contributed by atoms with Gasteiger partial charge in [0.25, 0.3) is 5.91 Å².